The Morgan fingerprint density at radius 2 is 0.962 bits per heavy atom. The Morgan fingerprint density at radius 1 is 0.505 bits per heavy atom. The van der Waals surface area contributed by atoms with Crippen LogP contribution >= 0.6 is 0 Å². The molecule has 0 aliphatic carbocycles. The van der Waals surface area contributed by atoms with E-state index in [4.69, 9.17) is 42.8 Å². The second kappa shape index (κ2) is 32.1. The van der Waals surface area contributed by atoms with Crippen LogP contribution < -0.4 is 55.6 Å². The van der Waals surface area contributed by atoms with E-state index in [-0.39, 0.29) is 42.0 Å². The number of aryl methyl sites for hydroxylation is 2. The van der Waals surface area contributed by atoms with E-state index in [2.05, 4.69) is 95.6 Å². The molecule has 1 aliphatic rings. The van der Waals surface area contributed by atoms with Crippen LogP contribution in [0.25, 0.3) is 77.6 Å². The lowest BCUT2D eigenvalue weighted by Crippen LogP contribution is -2.26. The van der Waals surface area contributed by atoms with Gasteiger partial charge < -0.3 is 79.7 Å². The van der Waals surface area contributed by atoms with E-state index in [9.17, 15) is 14.4 Å². The minimum atomic E-state index is -0.206. The van der Waals surface area contributed by atoms with Crippen LogP contribution in [0.1, 0.15) is 109 Å². The summed E-state index contributed by atoms with van der Waals surface area (Å²) in [5.74, 6) is 3.74. The zero-order chi connectivity index (χ0) is 74.0. The molecule has 0 unspecified atom stereocenters. The predicted octanol–water partition coefficient (Wildman–Crippen LogP) is 14.0. The standard InChI is InChI=1S/C27H30N6O3.C26H26N6O4.C24H26N6O3/c1-16(2)20-14-18(25(34)28-3)4-5-22(20)31-27-32-24-23(21(15-30-24)17-6-10-29-11-7-17)26(33-27)36-19-8-12-35-13-9-19;1-13(2)35-25-22-17(15-6-8-19-21(10-15)36-14(3)29-19)12-28-23(22)31-26(32-25)30-18-9-7-16(24(33)27-4)11-20(18)34-5;1-13(2)33-23-20-17(15-8-9-26-14(3)10-15)12-27-21(20)29-24(30-23)28-18-7-6-16(22(31)25-4)11-19(18)32-5/h4-7,10-11,14-16,19H,8-9,12-13H2,1-3H3,(H,28,34)(H2,30,31,32,33);6-13H,1-5H3,(H,27,33)(H2,28,30,31,32);6-13H,1-5H3,(H,25,31)(H2,27,28,29,30). The maximum absolute atomic E-state index is 12.2. The molecule has 0 spiro atoms. The maximum atomic E-state index is 12.2. The number of nitrogens with zero attached hydrogens (tertiary/aromatic N) is 9. The van der Waals surface area contributed by atoms with Crippen molar-refractivity contribution < 1.29 is 47.2 Å². The number of carbonyl (C=O) groups is 3. The number of ether oxygens (including phenoxy) is 6. The highest BCUT2D eigenvalue weighted by Crippen LogP contribution is 2.41. The van der Waals surface area contributed by atoms with Gasteiger partial charge in [-0.25, -0.2) is 4.98 Å². The number of aromatic amines is 3. The third-order valence-corrected chi connectivity index (χ3v) is 16.9. The number of methoxy groups -OCH3 is 2. The van der Waals surface area contributed by atoms with Gasteiger partial charge >= 0.3 is 0 Å². The Balaban J connectivity index is 0.000000148. The number of oxazole rings is 1. The second-order valence-electron chi connectivity index (χ2n) is 25.3. The first-order valence-corrected chi connectivity index (χ1v) is 34.2. The zero-order valence-corrected chi connectivity index (χ0v) is 60.4. The summed E-state index contributed by atoms with van der Waals surface area (Å²) >= 11 is 0. The summed E-state index contributed by atoms with van der Waals surface area (Å²) in [7, 11) is 7.87. The molecule has 0 bridgehead atoms. The van der Waals surface area contributed by atoms with Crippen molar-refractivity contribution in [2.75, 3.05) is 64.5 Å². The van der Waals surface area contributed by atoms with E-state index in [0.29, 0.717) is 117 Å². The van der Waals surface area contributed by atoms with Gasteiger partial charge in [-0.2, -0.15) is 29.9 Å². The molecule has 9 aromatic heterocycles. The number of rotatable bonds is 21. The highest BCUT2D eigenvalue weighted by molar-refractivity contribution is 6.02. The van der Waals surface area contributed by atoms with Crippen molar-refractivity contribution >= 4 is 96.8 Å². The fourth-order valence-corrected chi connectivity index (χ4v) is 11.9. The molecule has 1 fully saturated rings. The fourth-order valence-electron chi connectivity index (χ4n) is 11.9. The average Bonchev–Trinajstić information content (AvgIpc) is 1.66. The van der Waals surface area contributed by atoms with Crippen molar-refractivity contribution in [3.8, 4) is 62.5 Å². The number of hydrogen-bond acceptors (Lipinski definition) is 22. The molecule has 10 heterocycles. The first-order chi connectivity index (χ1) is 50.8. The normalized spacial score (nSPS) is 12.2. The van der Waals surface area contributed by atoms with Crippen LogP contribution in [-0.2, 0) is 4.74 Å². The molecule has 1 aliphatic heterocycles. The smallest absolute Gasteiger partial charge is 0.251 e. The maximum Gasteiger partial charge on any atom is 0.251 e. The lowest BCUT2D eigenvalue weighted by atomic mass is 9.98. The van der Waals surface area contributed by atoms with Crippen molar-refractivity contribution in [2.45, 2.75) is 92.5 Å². The highest BCUT2D eigenvalue weighted by atomic mass is 16.5. The molecular weight excluding hydrogens is 1340 g/mol. The summed E-state index contributed by atoms with van der Waals surface area (Å²) in [5.41, 5.74) is 14.7. The van der Waals surface area contributed by atoms with E-state index >= 15 is 0 Å². The predicted molar refractivity (Wildman–Crippen MR) is 403 cm³/mol. The van der Waals surface area contributed by atoms with Gasteiger partial charge in [0, 0.05) is 123 Å². The summed E-state index contributed by atoms with van der Waals surface area (Å²) in [6.07, 6.45) is 12.4. The Kier molecular flexibility index (Phi) is 22.0. The monoisotopic (exact) mass is 1420 g/mol. The number of nitrogens with one attached hydrogen (secondary N) is 9. The summed E-state index contributed by atoms with van der Waals surface area (Å²) < 4.78 is 40.8. The van der Waals surface area contributed by atoms with Gasteiger partial charge in [0.1, 0.15) is 40.1 Å². The van der Waals surface area contributed by atoms with Crippen LogP contribution in [0, 0.1) is 13.8 Å². The van der Waals surface area contributed by atoms with E-state index < -0.39 is 0 Å². The molecule has 4 aromatic carbocycles. The molecule has 9 N–H and O–H groups in total. The molecule has 540 valence electrons. The first-order valence-electron chi connectivity index (χ1n) is 34.2. The van der Waals surface area contributed by atoms with Gasteiger partial charge in [0.15, 0.2) is 11.5 Å². The van der Waals surface area contributed by atoms with Crippen LogP contribution in [0.15, 0.2) is 139 Å². The number of hydrogen-bond donors (Lipinski definition) is 9. The molecule has 0 radical (unpaired) electrons. The molecule has 0 atom stereocenters. The van der Waals surface area contributed by atoms with Gasteiger partial charge in [0.2, 0.25) is 35.5 Å². The van der Waals surface area contributed by atoms with Crippen molar-refractivity contribution in [3.05, 3.63) is 168 Å². The minimum Gasteiger partial charge on any atom is -0.495 e. The van der Waals surface area contributed by atoms with Crippen molar-refractivity contribution in [3.63, 3.8) is 0 Å². The van der Waals surface area contributed by atoms with Gasteiger partial charge in [0.05, 0.1) is 67.2 Å². The van der Waals surface area contributed by atoms with Gasteiger partial charge in [-0.1, -0.05) is 19.9 Å². The van der Waals surface area contributed by atoms with E-state index in [1.165, 1.54) is 7.11 Å². The number of benzene rings is 4. The topological polar surface area (TPSA) is 355 Å². The SMILES string of the molecule is CNC(=O)c1ccc(Nc2nc(OC(C)C)c3c(-c4ccc5nc(C)oc5c4)c[nH]c3n2)c(OC)c1.CNC(=O)c1ccc(Nc2nc(OC(C)C)c3c(-c4ccnc(C)c4)c[nH]c3n2)c(OC)c1.CNC(=O)c1ccc(Nc2nc(OC3CCOCC3)c3c(-c4ccncc4)c[nH]c3n2)c(C(C)C)c1. The molecule has 105 heavy (non-hydrogen) atoms. The van der Waals surface area contributed by atoms with Gasteiger partial charge in [0.25, 0.3) is 17.7 Å². The first kappa shape index (κ1) is 72.1. The van der Waals surface area contributed by atoms with Gasteiger partial charge in [-0.3, -0.25) is 24.4 Å². The number of H-pyrrole nitrogens is 3. The van der Waals surface area contributed by atoms with E-state index in [1.54, 1.807) is 89.3 Å². The zero-order valence-electron chi connectivity index (χ0n) is 60.4. The quantitative estimate of drug-likeness (QED) is 0.0323. The molecule has 28 heteroatoms. The lowest BCUT2D eigenvalue weighted by molar-refractivity contribution is 0.0244. The largest absolute Gasteiger partial charge is 0.495 e. The van der Waals surface area contributed by atoms with Crippen LogP contribution in [-0.4, -0.2) is 144 Å². The lowest BCUT2D eigenvalue weighted by Gasteiger charge is -2.23. The van der Waals surface area contributed by atoms with E-state index in [0.717, 1.165) is 84.8 Å². The number of fused-ring (bicyclic) bond motifs is 4. The number of aromatic nitrogens is 12. The summed E-state index contributed by atoms with van der Waals surface area (Å²) in [6.45, 7) is 17.1. The Bertz CT molecular complexity index is 5300. The van der Waals surface area contributed by atoms with Crippen LogP contribution in [0.5, 0.6) is 29.1 Å². The summed E-state index contributed by atoms with van der Waals surface area (Å²) in [6, 6.07) is 29.5. The highest BCUT2D eigenvalue weighted by Gasteiger charge is 2.26. The molecule has 1 saturated heterocycles. The second-order valence-corrected chi connectivity index (χ2v) is 25.3. The third kappa shape index (κ3) is 16.5. The third-order valence-electron chi connectivity index (χ3n) is 16.9. The molecular formula is C77H82N18O10. The minimum absolute atomic E-state index is 0.0166. The van der Waals surface area contributed by atoms with E-state index in [1.807, 2.05) is 115 Å². The Labute approximate surface area is 604 Å². The molecule has 14 rings (SSSR count). The van der Waals surface area contributed by atoms with Crippen LogP contribution in [0.2, 0.25) is 0 Å². The summed E-state index contributed by atoms with van der Waals surface area (Å²) in [5, 5.41) is 20.0. The molecule has 0 saturated carbocycles. The molecule has 13 aromatic rings. The average molecular weight is 1420 g/mol. The Morgan fingerprint density at radius 3 is 1.45 bits per heavy atom. The fraction of sp³-hybridized carbons (Fsp3) is 0.273. The number of amides is 3. The van der Waals surface area contributed by atoms with Gasteiger partial charge in [-0.15, -0.1) is 0 Å². The summed E-state index contributed by atoms with van der Waals surface area (Å²) in [4.78, 5) is 86.9. The van der Waals surface area contributed by atoms with Crippen molar-refractivity contribution in [1.82, 2.24) is 75.8 Å². The number of pyridine rings is 2. The molecule has 3 amide bonds. The number of anilines is 6. The van der Waals surface area contributed by atoms with Gasteiger partial charge in [-0.05, 0) is 154 Å². The van der Waals surface area contributed by atoms with Crippen molar-refractivity contribution in [1.29, 1.82) is 0 Å². The number of carbonyl (C=O) groups excluding carboxylic acids is 3. The molecule has 28 nitrogen and oxygen atoms in total. The van der Waals surface area contributed by atoms with Crippen LogP contribution in [0.3, 0.4) is 0 Å². The Hall–Kier alpha value is -12.7. The van der Waals surface area contributed by atoms with Crippen molar-refractivity contribution in [2.24, 2.45) is 0 Å². The van der Waals surface area contributed by atoms with Crippen LogP contribution in [0.4, 0.5) is 34.9 Å².